The summed E-state index contributed by atoms with van der Waals surface area (Å²) >= 11 is 3.50. The standard InChI is InChI=1S/C14H16BrNO/c1-16-6-4-10(5-7-16)14-13-3-2-12(15)8-11(13)9-17-14/h2-3,8-10H,4-7H2,1H3. The highest BCUT2D eigenvalue weighted by molar-refractivity contribution is 9.10. The first kappa shape index (κ1) is 11.3. The van der Waals surface area contributed by atoms with Gasteiger partial charge in [0.05, 0.1) is 6.26 Å². The number of nitrogens with zero attached hydrogens (tertiary/aromatic N) is 1. The molecular weight excluding hydrogens is 278 g/mol. The zero-order valence-electron chi connectivity index (χ0n) is 9.95. The smallest absolute Gasteiger partial charge is 0.114 e. The van der Waals surface area contributed by atoms with Crippen molar-refractivity contribution < 1.29 is 4.42 Å². The third kappa shape index (κ3) is 2.14. The summed E-state index contributed by atoms with van der Waals surface area (Å²) in [5.41, 5.74) is 0. The molecule has 1 aromatic heterocycles. The van der Waals surface area contributed by atoms with Crippen molar-refractivity contribution in [2.75, 3.05) is 20.1 Å². The molecule has 1 saturated heterocycles. The molecule has 2 heterocycles. The predicted molar refractivity (Wildman–Crippen MR) is 73.4 cm³/mol. The molecule has 2 aromatic rings. The lowest BCUT2D eigenvalue weighted by Gasteiger charge is -2.27. The Bertz CT molecular complexity index is 526. The van der Waals surface area contributed by atoms with Gasteiger partial charge < -0.3 is 9.32 Å². The molecule has 1 aliphatic rings. The Morgan fingerprint density at radius 1 is 1.29 bits per heavy atom. The zero-order chi connectivity index (χ0) is 11.8. The van der Waals surface area contributed by atoms with E-state index in [4.69, 9.17) is 4.42 Å². The summed E-state index contributed by atoms with van der Waals surface area (Å²) in [6.07, 6.45) is 4.29. The highest BCUT2D eigenvalue weighted by atomic mass is 79.9. The molecular formula is C14H16BrNO. The van der Waals surface area contributed by atoms with Crippen molar-refractivity contribution in [1.29, 1.82) is 0 Å². The Morgan fingerprint density at radius 3 is 2.82 bits per heavy atom. The number of benzene rings is 1. The predicted octanol–water partition coefficient (Wildman–Crippen LogP) is 4.00. The van der Waals surface area contributed by atoms with Crippen LogP contribution in [0.15, 0.2) is 33.4 Å². The lowest BCUT2D eigenvalue weighted by atomic mass is 9.92. The van der Waals surface area contributed by atoms with Gasteiger partial charge in [0.1, 0.15) is 5.76 Å². The number of piperidine rings is 1. The maximum atomic E-state index is 5.81. The molecule has 0 spiro atoms. The minimum Gasteiger partial charge on any atom is -0.468 e. The van der Waals surface area contributed by atoms with Crippen molar-refractivity contribution in [2.24, 2.45) is 0 Å². The van der Waals surface area contributed by atoms with Crippen LogP contribution in [-0.4, -0.2) is 25.0 Å². The average Bonchev–Trinajstić information content (AvgIpc) is 2.73. The zero-order valence-corrected chi connectivity index (χ0v) is 11.5. The molecule has 90 valence electrons. The molecule has 17 heavy (non-hydrogen) atoms. The van der Waals surface area contributed by atoms with Gasteiger partial charge in [0.2, 0.25) is 0 Å². The van der Waals surface area contributed by atoms with E-state index in [-0.39, 0.29) is 0 Å². The molecule has 0 N–H and O–H groups in total. The lowest BCUT2D eigenvalue weighted by Crippen LogP contribution is -2.29. The number of fused-ring (bicyclic) bond motifs is 1. The van der Waals surface area contributed by atoms with Crippen molar-refractivity contribution >= 4 is 26.7 Å². The second-order valence-corrected chi connectivity index (χ2v) is 5.82. The normalized spacial score (nSPS) is 18.9. The van der Waals surface area contributed by atoms with Crippen molar-refractivity contribution in [3.63, 3.8) is 0 Å². The number of hydrogen-bond acceptors (Lipinski definition) is 2. The third-order valence-electron chi connectivity index (χ3n) is 3.68. The summed E-state index contributed by atoms with van der Waals surface area (Å²) < 4.78 is 6.92. The number of likely N-dealkylation sites (tertiary alicyclic amines) is 1. The molecule has 0 amide bonds. The fourth-order valence-corrected chi connectivity index (χ4v) is 3.01. The first-order valence-electron chi connectivity index (χ1n) is 6.09. The highest BCUT2D eigenvalue weighted by Crippen LogP contribution is 2.34. The van der Waals surface area contributed by atoms with Gasteiger partial charge in [-0.05, 0) is 51.2 Å². The van der Waals surface area contributed by atoms with Crippen molar-refractivity contribution in [3.8, 4) is 0 Å². The molecule has 2 nitrogen and oxygen atoms in total. The SMILES string of the molecule is CN1CCC(c2occ3cc(Br)ccc23)CC1. The molecule has 3 rings (SSSR count). The Balaban J connectivity index is 1.95. The number of furan rings is 1. The van der Waals surface area contributed by atoms with E-state index in [1.807, 2.05) is 6.26 Å². The minimum absolute atomic E-state index is 0.588. The Labute approximate surface area is 110 Å². The number of rotatable bonds is 1. The van der Waals surface area contributed by atoms with E-state index in [9.17, 15) is 0 Å². The fraction of sp³-hybridized carbons (Fsp3) is 0.429. The first-order valence-corrected chi connectivity index (χ1v) is 6.88. The molecule has 1 aliphatic heterocycles. The van der Waals surface area contributed by atoms with Crippen LogP contribution in [0.2, 0.25) is 0 Å². The molecule has 0 aliphatic carbocycles. The van der Waals surface area contributed by atoms with E-state index in [1.165, 1.54) is 42.5 Å². The van der Waals surface area contributed by atoms with Gasteiger partial charge in [0.25, 0.3) is 0 Å². The van der Waals surface area contributed by atoms with E-state index >= 15 is 0 Å². The molecule has 0 bridgehead atoms. The van der Waals surface area contributed by atoms with Crippen molar-refractivity contribution in [3.05, 3.63) is 34.7 Å². The second kappa shape index (κ2) is 4.46. The highest BCUT2D eigenvalue weighted by Gasteiger charge is 2.22. The van der Waals surface area contributed by atoms with Gasteiger partial charge in [-0.2, -0.15) is 0 Å². The number of halogens is 1. The van der Waals surface area contributed by atoms with Gasteiger partial charge in [-0.15, -0.1) is 0 Å². The fourth-order valence-electron chi connectivity index (χ4n) is 2.63. The second-order valence-electron chi connectivity index (χ2n) is 4.91. The van der Waals surface area contributed by atoms with Crippen LogP contribution in [0.5, 0.6) is 0 Å². The van der Waals surface area contributed by atoms with Gasteiger partial charge in [-0.3, -0.25) is 0 Å². The van der Waals surface area contributed by atoms with Crippen LogP contribution < -0.4 is 0 Å². The summed E-state index contributed by atoms with van der Waals surface area (Å²) in [7, 11) is 2.19. The van der Waals surface area contributed by atoms with E-state index < -0.39 is 0 Å². The average molecular weight is 294 g/mol. The van der Waals surface area contributed by atoms with Gasteiger partial charge >= 0.3 is 0 Å². The molecule has 3 heteroatoms. The monoisotopic (exact) mass is 293 g/mol. The van der Waals surface area contributed by atoms with Gasteiger partial charge in [0, 0.05) is 21.2 Å². The largest absolute Gasteiger partial charge is 0.468 e. The van der Waals surface area contributed by atoms with Crippen LogP contribution in [0.3, 0.4) is 0 Å². The van der Waals surface area contributed by atoms with Crippen LogP contribution in [0, 0.1) is 0 Å². The maximum absolute atomic E-state index is 5.81. The quantitative estimate of drug-likeness (QED) is 0.790. The third-order valence-corrected chi connectivity index (χ3v) is 4.17. The van der Waals surface area contributed by atoms with Gasteiger partial charge in [-0.25, -0.2) is 0 Å². The molecule has 0 saturated carbocycles. The molecule has 0 unspecified atom stereocenters. The van der Waals surface area contributed by atoms with Crippen molar-refractivity contribution in [1.82, 2.24) is 4.90 Å². The Kier molecular flexibility index (Phi) is 2.97. The van der Waals surface area contributed by atoms with E-state index in [0.717, 1.165) is 4.47 Å². The van der Waals surface area contributed by atoms with Gasteiger partial charge in [-0.1, -0.05) is 15.9 Å². The van der Waals surface area contributed by atoms with Crippen LogP contribution in [0.25, 0.3) is 10.8 Å². The van der Waals surface area contributed by atoms with Crippen LogP contribution in [-0.2, 0) is 0 Å². The summed E-state index contributed by atoms with van der Waals surface area (Å²) in [4.78, 5) is 2.39. The lowest BCUT2D eigenvalue weighted by molar-refractivity contribution is 0.241. The summed E-state index contributed by atoms with van der Waals surface area (Å²) in [6, 6.07) is 6.38. The van der Waals surface area contributed by atoms with Crippen LogP contribution in [0.1, 0.15) is 24.5 Å². The molecule has 1 fully saturated rings. The molecule has 1 aromatic carbocycles. The maximum Gasteiger partial charge on any atom is 0.114 e. The van der Waals surface area contributed by atoms with Crippen LogP contribution >= 0.6 is 15.9 Å². The van der Waals surface area contributed by atoms with Gasteiger partial charge in [0.15, 0.2) is 0 Å². The Hall–Kier alpha value is -0.800. The minimum atomic E-state index is 0.588. The first-order chi connectivity index (χ1) is 8.24. The Morgan fingerprint density at radius 2 is 2.06 bits per heavy atom. The molecule has 0 radical (unpaired) electrons. The summed E-state index contributed by atoms with van der Waals surface area (Å²) in [6.45, 7) is 2.34. The van der Waals surface area contributed by atoms with E-state index in [1.54, 1.807) is 0 Å². The number of hydrogen-bond donors (Lipinski definition) is 0. The van der Waals surface area contributed by atoms with E-state index in [2.05, 4.69) is 46.1 Å². The van der Waals surface area contributed by atoms with Crippen molar-refractivity contribution in [2.45, 2.75) is 18.8 Å². The topological polar surface area (TPSA) is 16.4 Å². The summed E-state index contributed by atoms with van der Waals surface area (Å²) in [5.74, 6) is 1.77. The van der Waals surface area contributed by atoms with E-state index in [0.29, 0.717) is 5.92 Å². The molecule has 0 atom stereocenters. The summed E-state index contributed by atoms with van der Waals surface area (Å²) in [5, 5.41) is 2.48. The van der Waals surface area contributed by atoms with Crippen LogP contribution in [0.4, 0.5) is 0 Å².